The summed E-state index contributed by atoms with van der Waals surface area (Å²) < 4.78 is 5.68. The minimum atomic E-state index is 0.0212. The van der Waals surface area contributed by atoms with Gasteiger partial charge in [-0.2, -0.15) is 4.80 Å². The lowest BCUT2D eigenvalue weighted by molar-refractivity contribution is 0.296. The van der Waals surface area contributed by atoms with E-state index in [9.17, 15) is 0 Å². The number of hydrogen-bond donors (Lipinski definition) is 2. The monoisotopic (exact) mass is 260 g/mol. The summed E-state index contributed by atoms with van der Waals surface area (Å²) in [6.07, 6.45) is 0.618. The molecule has 2 unspecified atom stereocenters. The molecule has 7 nitrogen and oxygen atoms in total. The second-order valence-electron chi connectivity index (χ2n) is 4.63. The maximum Gasteiger partial charge on any atom is 0.176 e. The predicted octanol–water partition coefficient (Wildman–Crippen LogP) is -0.239. The first-order valence-corrected chi connectivity index (χ1v) is 6.18. The molecule has 0 bridgehead atoms. The number of benzene rings is 1. The molecule has 0 radical (unpaired) electrons. The zero-order chi connectivity index (χ0) is 13.2. The van der Waals surface area contributed by atoms with Gasteiger partial charge >= 0.3 is 0 Å². The molecule has 0 saturated heterocycles. The number of tetrazole rings is 1. The number of nitrogens with two attached hydrogens (primary N) is 1. The number of rotatable bonds is 4. The highest BCUT2D eigenvalue weighted by molar-refractivity contribution is 5.40. The second-order valence-corrected chi connectivity index (χ2v) is 4.63. The van der Waals surface area contributed by atoms with Crippen LogP contribution in [-0.2, 0) is 13.5 Å². The molecule has 2 atom stereocenters. The zero-order valence-electron chi connectivity index (χ0n) is 10.7. The first kappa shape index (κ1) is 12.1. The summed E-state index contributed by atoms with van der Waals surface area (Å²) in [5, 5.41) is 12.0. The predicted molar refractivity (Wildman–Crippen MR) is 68.3 cm³/mol. The highest BCUT2D eigenvalue weighted by Gasteiger charge is 2.31. The Morgan fingerprint density at radius 3 is 3.11 bits per heavy atom. The lowest BCUT2D eigenvalue weighted by Gasteiger charge is -2.20. The third-order valence-corrected chi connectivity index (χ3v) is 3.39. The lowest BCUT2D eigenvalue weighted by atomic mass is 9.91. The number of hydrogen-bond acceptors (Lipinski definition) is 6. The van der Waals surface area contributed by atoms with Crippen LogP contribution < -0.4 is 16.0 Å². The molecule has 1 aromatic heterocycles. The van der Waals surface area contributed by atoms with Crippen LogP contribution in [0.2, 0.25) is 0 Å². The van der Waals surface area contributed by atoms with Gasteiger partial charge in [0.1, 0.15) is 5.75 Å². The summed E-state index contributed by atoms with van der Waals surface area (Å²) in [6.45, 7) is 0.620. The van der Waals surface area contributed by atoms with Crippen LogP contribution in [0.25, 0.3) is 0 Å². The van der Waals surface area contributed by atoms with Crippen molar-refractivity contribution in [2.45, 2.75) is 18.4 Å². The number of aryl methyl sites for hydroxylation is 1. The standard InChI is InChI=1S/C12H16N6O/c1-18-16-12(15-17-18)6-10(14-13)9-7-19-11-5-3-2-4-8(9)11/h2-5,9-10,14H,6-7,13H2,1H3. The molecule has 2 aromatic rings. The number of para-hydroxylation sites is 1. The molecule has 0 spiro atoms. The number of nitrogens with one attached hydrogen (secondary N) is 1. The van der Waals surface area contributed by atoms with Gasteiger partial charge in [0.2, 0.25) is 0 Å². The first-order chi connectivity index (χ1) is 9.28. The van der Waals surface area contributed by atoms with E-state index in [1.54, 1.807) is 7.05 Å². The largest absolute Gasteiger partial charge is 0.493 e. The van der Waals surface area contributed by atoms with E-state index in [0.717, 1.165) is 5.75 Å². The molecule has 100 valence electrons. The van der Waals surface area contributed by atoms with Gasteiger partial charge in [0, 0.05) is 23.9 Å². The van der Waals surface area contributed by atoms with E-state index in [4.69, 9.17) is 10.6 Å². The van der Waals surface area contributed by atoms with Crippen molar-refractivity contribution >= 4 is 0 Å². The van der Waals surface area contributed by atoms with Crippen molar-refractivity contribution in [2.24, 2.45) is 12.9 Å². The Labute approximate surface area is 110 Å². The smallest absolute Gasteiger partial charge is 0.176 e. The fourth-order valence-corrected chi connectivity index (χ4v) is 2.44. The van der Waals surface area contributed by atoms with Gasteiger partial charge in [-0.1, -0.05) is 18.2 Å². The summed E-state index contributed by atoms with van der Waals surface area (Å²) in [7, 11) is 1.75. The maximum absolute atomic E-state index is 5.68. The minimum absolute atomic E-state index is 0.0212. The van der Waals surface area contributed by atoms with Crippen LogP contribution in [0.3, 0.4) is 0 Å². The quantitative estimate of drug-likeness (QED) is 0.582. The van der Waals surface area contributed by atoms with Crippen LogP contribution in [0.15, 0.2) is 24.3 Å². The van der Waals surface area contributed by atoms with Crippen LogP contribution in [0.5, 0.6) is 5.75 Å². The molecule has 3 rings (SSSR count). The van der Waals surface area contributed by atoms with E-state index in [-0.39, 0.29) is 12.0 Å². The Morgan fingerprint density at radius 2 is 2.37 bits per heavy atom. The number of aromatic nitrogens is 4. The third kappa shape index (κ3) is 2.29. The molecule has 0 amide bonds. The lowest BCUT2D eigenvalue weighted by Crippen LogP contribution is -2.42. The van der Waals surface area contributed by atoms with Crippen molar-refractivity contribution < 1.29 is 4.74 Å². The van der Waals surface area contributed by atoms with Gasteiger partial charge in [0.25, 0.3) is 0 Å². The zero-order valence-corrected chi connectivity index (χ0v) is 10.7. The van der Waals surface area contributed by atoms with Crippen LogP contribution in [0, 0.1) is 0 Å². The van der Waals surface area contributed by atoms with Gasteiger partial charge < -0.3 is 4.74 Å². The summed E-state index contributed by atoms with van der Waals surface area (Å²) in [5.74, 6) is 7.48. The van der Waals surface area contributed by atoms with E-state index in [2.05, 4.69) is 26.9 Å². The molecule has 0 saturated carbocycles. The van der Waals surface area contributed by atoms with E-state index in [1.807, 2.05) is 18.2 Å². The highest BCUT2D eigenvalue weighted by atomic mass is 16.5. The molecule has 1 aliphatic rings. The van der Waals surface area contributed by atoms with Crippen molar-refractivity contribution in [3.05, 3.63) is 35.7 Å². The van der Waals surface area contributed by atoms with Crippen molar-refractivity contribution in [1.82, 2.24) is 25.6 Å². The normalized spacial score (nSPS) is 18.9. The maximum atomic E-state index is 5.68. The van der Waals surface area contributed by atoms with Gasteiger partial charge in [-0.05, 0) is 11.3 Å². The average molecular weight is 260 g/mol. The number of nitrogens with zero attached hydrogens (tertiary/aromatic N) is 4. The topological polar surface area (TPSA) is 90.9 Å². The molecule has 3 N–H and O–H groups in total. The summed E-state index contributed by atoms with van der Waals surface area (Å²) in [6, 6.07) is 8.04. The fraction of sp³-hybridized carbons (Fsp3) is 0.417. The molecule has 2 heterocycles. The molecular formula is C12H16N6O. The summed E-state index contributed by atoms with van der Waals surface area (Å²) in [4.78, 5) is 1.45. The van der Waals surface area contributed by atoms with Crippen LogP contribution >= 0.6 is 0 Å². The third-order valence-electron chi connectivity index (χ3n) is 3.39. The average Bonchev–Trinajstić information content (AvgIpc) is 3.02. The van der Waals surface area contributed by atoms with Crippen molar-refractivity contribution in [2.75, 3.05) is 6.61 Å². The summed E-state index contributed by atoms with van der Waals surface area (Å²) >= 11 is 0. The Hall–Kier alpha value is -1.99. The second kappa shape index (κ2) is 4.94. The SMILES string of the molecule is Cn1nnc(CC(NN)C2COc3ccccc32)n1. The fourth-order valence-electron chi connectivity index (χ4n) is 2.44. The number of fused-ring (bicyclic) bond motifs is 1. The van der Waals surface area contributed by atoms with E-state index >= 15 is 0 Å². The van der Waals surface area contributed by atoms with Crippen LogP contribution in [0.1, 0.15) is 17.3 Å². The Kier molecular flexibility index (Phi) is 3.14. The molecule has 1 aliphatic heterocycles. The summed E-state index contributed by atoms with van der Waals surface area (Å²) in [5.41, 5.74) is 4.02. The van der Waals surface area contributed by atoms with E-state index in [1.165, 1.54) is 10.4 Å². The Morgan fingerprint density at radius 1 is 1.53 bits per heavy atom. The van der Waals surface area contributed by atoms with Crippen molar-refractivity contribution in [1.29, 1.82) is 0 Å². The molecule has 1 aromatic carbocycles. The van der Waals surface area contributed by atoms with E-state index in [0.29, 0.717) is 18.9 Å². The molecule has 7 heteroatoms. The number of hydrazine groups is 1. The molecule has 0 fully saturated rings. The van der Waals surface area contributed by atoms with Gasteiger partial charge in [-0.25, -0.2) is 0 Å². The van der Waals surface area contributed by atoms with Gasteiger partial charge in [-0.3, -0.25) is 11.3 Å². The van der Waals surface area contributed by atoms with Gasteiger partial charge in [0.05, 0.1) is 13.7 Å². The van der Waals surface area contributed by atoms with Gasteiger partial charge in [-0.15, -0.1) is 10.2 Å². The first-order valence-electron chi connectivity index (χ1n) is 6.18. The Bertz CT molecular complexity index is 569. The van der Waals surface area contributed by atoms with Crippen LogP contribution in [0.4, 0.5) is 0 Å². The van der Waals surface area contributed by atoms with Crippen molar-refractivity contribution in [3.63, 3.8) is 0 Å². The van der Waals surface area contributed by atoms with E-state index < -0.39 is 0 Å². The van der Waals surface area contributed by atoms with Crippen LogP contribution in [-0.4, -0.2) is 32.9 Å². The minimum Gasteiger partial charge on any atom is -0.493 e. The molecular weight excluding hydrogens is 244 g/mol. The molecule has 19 heavy (non-hydrogen) atoms. The van der Waals surface area contributed by atoms with Crippen molar-refractivity contribution in [3.8, 4) is 5.75 Å². The molecule has 0 aliphatic carbocycles. The van der Waals surface area contributed by atoms with Gasteiger partial charge in [0.15, 0.2) is 5.82 Å². The highest BCUT2D eigenvalue weighted by Crippen LogP contribution is 2.35. The Balaban J connectivity index is 1.80. The number of ether oxygens (including phenoxy) is 1.